The molecule has 2 heterocycles. The lowest BCUT2D eigenvalue weighted by Gasteiger charge is -2.31. The Morgan fingerprint density at radius 3 is 2.66 bits per heavy atom. The summed E-state index contributed by atoms with van der Waals surface area (Å²) in [6.45, 7) is 4.36. The number of hydrogen-bond acceptors (Lipinski definition) is 4. The van der Waals surface area contributed by atoms with Gasteiger partial charge in [0.25, 0.3) is 5.91 Å². The van der Waals surface area contributed by atoms with E-state index in [4.69, 9.17) is 5.11 Å². The molecule has 0 aliphatic carbocycles. The number of hydrazone groups is 1. The Bertz CT molecular complexity index is 1040. The van der Waals surface area contributed by atoms with Crippen molar-refractivity contribution in [1.82, 2.24) is 5.01 Å². The minimum Gasteiger partial charge on any atom is -0.480 e. The van der Waals surface area contributed by atoms with Crippen LogP contribution in [0.4, 0.5) is 11.4 Å². The largest absolute Gasteiger partial charge is 0.480 e. The normalized spacial score (nSPS) is 17.5. The third-order valence-electron chi connectivity index (χ3n) is 5.29. The highest BCUT2D eigenvalue weighted by Gasteiger charge is 2.29. The third-order valence-corrected chi connectivity index (χ3v) is 5.29. The lowest BCUT2D eigenvalue weighted by atomic mass is 9.97. The maximum Gasteiger partial charge on any atom is 0.325 e. The Morgan fingerprint density at radius 1 is 1.17 bits per heavy atom. The first-order valence-corrected chi connectivity index (χ1v) is 9.70. The van der Waals surface area contributed by atoms with Crippen LogP contribution in [0.1, 0.15) is 30.0 Å². The van der Waals surface area contributed by atoms with E-state index in [0.717, 1.165) is 30.0 Å². The van der Waals surface area contributed by atoms with Crippen LogP contribution in [0.5, 0.6) is 0 Å². The molecule has 29 heavy (non-hydrogen) atoms. The highest BCUT2D eigenvalue weighted by atomic mass is 16.4. The zero-order chi connectivity index (χ0) is 20.5. The summed E-state index contributed by atoms with van der Waals surface area (Å²) >= 11 is 0. The summed E-state index contributed by atoms with van der Waals surface area (Å²) in [6, 6.07) is 14.8. The van der Waals surface area contributed by atoms with E-state index in [9.17, 15) is 9.59 Å². The maximum absolute atomic E-state index is 12.5. The van der Waals surface area contributed by atoms with E-state index < -0.39 is 12.5 Å². The highest BCUT2D eigenvalue weighted by Crippen LogP contribution is 2.34. The number of hydrogen-bond donors (Lipinski definition) is 1. The molecule has 2 aliphatic rings. The number of carbonyl (C=O) groups excluding carboxylic acids is 1. The number of amides is 1. The van der Waals surface area contributed by atoms with Gasteiger partial charge in [0.1, 0.15) is 6.54 Å². The lowest BCUT2D eigenvalue weighted by Crippen LogP contribution is -2.28. The van der Waals surface area contributed by atoms with Crippen LogP contribution in [0, 0.1) is 6.92 Å². The molecule has 2 aliphatic heterocycles. The molecular formula is C23H23N3O3. The fourth-order valence-electron chi connectivity index (χ4n) is 3.84. The zero-order valence-electron chi connectivity index (χ0n) is 16.6. The summed E-state index contributed by atoms with van der Waals surface area (Å²) in [5, 5.41) is 14.0. The Labute approximate surface area is 169 Å². The van der Waals surface area contributed by atoms with Crippen molar-refractivity contribution in [3.05, 3.63) is 64.7 Å². The molecule has 1 amide bonds. The molecule has 4 rings (SSSR count). The number of anilines is 2. The number of aliphatic carboxylic acids is 1. The molecule has 0 fully saturated rings. The van der Waals surface area contributed by atoms with Crippen molar-refractivity contribution < 1.29 is 14.7 Å². The van der Waals surface area contributed by atoms with Gasteiger partial charge in [-0.1, -0.05) is 23.8 Å². The van der Waals surface area contributed by atoms with Crippen LogP contribution in [0.3, 0.4) is 0 Å². The monoisotopic (exact) mass is 389 g/mol. The van der Waals surface area contributed by atoms with Crippen molar-refractivity contribution >= 4 is 35.0 Å². The number of carbonyl (C=O) groups is 2. The van der Waals surface area contributed by atoms with Crippen LogP contribution in [0.15, 0.2) is 53.1 Å². The predicted octanol–water partition coefficient (Wildman–Crippen LogP) is 3.77. The van der Waals surface area contributed by atoms with Gasteiger partial charge in [0.05, 0.1) is 11.3 Å². The van der Waals surface area contributed by atoms with E-state index in [2.05, 4.69) is 53.3 Å². The Morgan fingerprint density at radius 2 is 1.93 bits per heavy atom. The molecule has 0 aromatic heterocycles. The first-order chi connectivity index (χ1) is 13.9. The molecule has 6 nitrogen and oxygen atoms in total. The smallest absolute Gasteiger partial charge is 0.325 e. The van der Waals surface area contributed by atoms with Gasteiger partial charge in [-0.3, -0.25) is 9.59 Å². The average Bonchev–Trinajstić information content (AvgIpc) is 2.95. The van der Waals surface area contributed by atoms with E-state index in [1.807, 2.05) is 6.07 Å². The second-order valence-electron chi connectivity index (χ2n) is 7.48. The van der Waals surface area contributed by atoms with Crippen molar-refractivity contribution in [3.63, 3.8) is 0 Å². The van der Waals surface area contributed by atoms with E-state index >= 15 is 0 Å². The van der Waals surface area contributed by atoms with Gasteiger partial charge in [-0.2, -0.15) is 5.10 Å². The number of rotatable bonds is 4. The Kier molecular flexibility index (Phi) is 4.92. The van der Waals surface area contributed by atoms with Crippen molar-refractivity contribution in [3.8, 4) is 0 Å². The number of fused-ring (bicyclic) bond motifs is 1. The van der Waals surface area contributed by atoms with Gasteiger partial charge in [-0.25, -0.2) is 5.01 Å². The Hall–Kier alpha value is -3.41. The molecule has 2 aromatic rings. The highest BCUT2D eigenvalue weighted by molar-refractivity contribution is 6.27. The maximum atomic E-state index is 12.5. The number of benzene rings is 2. The van der Waals surface area contributed by atoms with E-state index in [1.165, 1.54) is 22.5 Å². The summed E-state index contributed by atoms with van der Waals surface area (Å²) in [5.74, 6) is -1.45. The number of carboxylic acids is 1. The van der Waals surface area contributed by atoms with Gasteiger partial charge in [-0.05, 0) is 68.2 Å². The molecule has 0 saturated carbocycles. The molecule has 2 aromatic carbocycles. The summed E-state index contributed by atoms with van der Waals surface area (Å²) in [4.78, 5) is 25.7. The molecule has 0 saturated heterocycles. The van der Waals surface area contributed by atoms with Gasteiger partial charge < -0.3 is 10.0 Å². The molecule has 6 heteroatoms. The molecule has 0 unspecified atom stereocenters. The van der Waals surface area contributed by atoms with Crippen molar-refractivity contribution in [2.75, 3.05) is 18.0 Å². The average molecular weight is 389 g/mol. The second kappa shape index (κ2) is 7.54. The molecule has 0 bridgehead atoms. The summed E-state index contributed by atoms with van der Waals surface area (Å²) in [7, 11) is 0. The van der Waals surface area contributed by atoms with Crippen LogP contribution in [-0.2, 0) is 16.0 Å². The quantitative estimate of drug-likeness (QED) is 0.808. The number of carboxylic acid groups (broad SMARTS) is 1. The predicted molar refractivity (Wildman–Crippen MR) is 113 cm³/mol. The standard InChI is InChI=1S/C23H23N3O3/c1-15-5-8-19(9-6-15)25-11-3-4-18-12-17(7-10-21(18)25)13-20-16(2)24-26(23(20)29)14-22(27)28/h5-10,12-13H,3-4,11,14H2,1-2H3,(H,27,28)/b20-13-. The summed E-state index contributed by atoms with van der Waals surface area (Å²) in [5.41, 5.74) is 6.76. The molecule has 0 atom stereocenters. The van der Waals surface area contributed by atoms with Gasteiger partial charge in [0.15, 0.2) is 0 Å². The van der Waals surface area contributed by atoms with E-state index in [1.54, 1.807) is 13.0 Å². The van der Waals surface area contributed by atoms with E-state index in [0.29, 0.717) is 11.3 Å². The molecular weight excluding hydrogens is 366 g/mol. The first-order valence-electron chi connectivity index (χ1n) is 9.70. The van der Waals surface area contributed by atoms with Crippen molar-refractivity contribution in [2.45, 2.75) is 26.7 Å². The van der Waals surface area contributed by atoms with Crippen LogP contribution < -0.4 is 4.90 Å². The summed E-state index contributed by atoms with van der Waals surface area (Å²) in [6.07, 6.45) is 3.85. The van der Waals surface area contributed by atoms with E-state index in [-0.39, 0.29) is 5.91 Å². The topological polar surface area (TPSA) is 73.2 Å². The van der Waals surface area contributed by atoms with Gasteiger partial charge >= 0.3 is 5.97 Å². The van der Waals surface area contributed by atoms with Gasteiger partial charge in [-0.15, -0.1) is 0 Å². The van der Waals surface area contributed by atoms with Crippen LogP contribution in [0.25, 0.3) is 6.08 Å². The van der Waals surface area contributed by atoms with Crippen LogP contribution in [-0.4, -0.2) is 40.8 Å². The molecule has 1 N–H and O–H groups in total. The minimum atomic E-state index is -1.08. The Balaban J connectivity index is 1.63. The van der Waals surface area contributed by atoms with Gasteiger partial charge in [0.2, 0.25) is 0 Å². The fraction of sp³-hybridized carbons (Fsp3) is 0.261. The molecule has 148 valence electrons. The lowest BCUT2D eigenvalue weighted by molar-refractivity contribution is -0.142. The summed E-state index contributed by atoms with van der Waals surface area (Å²) < 4.78 is 0. The molecule has 0 spiro atoms. The fourth-order valence-corrected chi connectivity index (χ4v) is 3.84. The van der Waals surface area contributed by atoms with Crippen molar-refractivity contribution in [2.24, 2.45) is 5.10 Å². The van der Waals surface area contributed by atoms with Gasteiger partial charge in [0, 0.05) is 17.9 Å². The third kappa shape index (κ3) is 3.78. The minimum absolute atomic E-state index is 0.371. The number of nitrogens with zero attached hydrogens (tertiary/aromatic N) is 3. The number of aryl methyl sites for hydroxylation is 2. The van der Waals surface area contributed by atoms with Crippen molar-refractivity contribution in [1.29, 1.82) is 0 Å². The SMILES string of the molecule is CC1=NN(CC(=O)O)C(=O)/C1=C\c1ccc2c(c1)CCCN2c1ccc(C)cc1. The zero-order valence-corrected chi connectivity index (χ0v) is 16.6. The second-order valence-corrected chi connectivity index (χ2v) is 7.48. The van der Waals surface area contributed by atoms with Crippen LogP contribution in [0.2, 0.25) is 0 Å². The first kappa shape index (κ1) is 18.9. The van der Waals surface area contributed by atoms with Crippen LogP contribution >= 0.6 is 0 Å². The molecule has 0 radical (unpaired) electrons.